The number of aliphatic hydroxyl groups is 1. The molecule has 2 aromatic carbocycles. The van der Waals surface area contributed by atoms with Gasteiger partial charge < -0.3 is 14.8 Å². The Kier molecular flexibility index (Phi) is 4.48. The number of nitrogens with zero attached hydrogens (tertiary/aromatic N) is 2. The van der Waals surface area contributed by atoms with Crippen molar-refractivity contribution in [3.8, 4) is 6.07 Å². The van der Waals surface area contributed by atoms with Gasteiger partial charge in [-0.05, 0) is 30.7 Å². The molecule has 3 rings (SSSR count). The Morgan fingerprint density at radius 1 is 1.24 bits per heavy atom. The van der Waals surface area contributed by atoms with Crippen molar-refractivity contribution in [3.05, 3.63) is 71.2 Å². The van der Waals surface area contributed by atoms with Crippen molar-refractivity contribution >= 4 is 22.6 Å². The number of allylic oxidation sites excluding steroid dienone is 1. The monoisotopic (exact) mass is 333 g/mol. The van der Waals surface area contributed by atoms with Gasteiger partial charge in [0.15, 0.2) is 11.6 Å². The van der Waals surface area contributed by atoms with Gasteiger partial charge >= 0.3 is 5.97 Å². The number of H-pyrrole nitrogens is 1. The zero-order valence-corrected chi connectivity index (χ0v) is 13.5. The van der Waals surface area contributed by atoms with Gasteiger partial charge in [0, 0.05) is 0 Å². The lowest BCUT2D eigenvalue weighted by Gasteiger charge is -2.07. The van der Waals surface area contributed by atoms with Crippen LogP contribution in [0.25, 0.3) is 16.6 Å². The maximum atomic E-state index is 12.1. The molecule has 124 valence electrons. The van der Waals surface area contributed by atoms with Crippen LogP contribution in [0.4, 0.5) is 0 Å². The van der Waals surface area contributed by atoms with Crippen LogP contribution in [0.5, 0.6) is 0 Å². The Bertz CT molecular complexity index is 979. The van der Waals surface area contributed by atoms with Gasteiger partial charge in [-0.3, -0.25) is 0 Å². The van der Waals surface area contributed by atoms with Gasteiger partial charge in [-0.2, -0.15) is 5.26 Å². The number of fused-ring (bicyclic) bond motifs is 1. The molecule has 0 saturated heterocycles. The van der Waals surface area contributed by atoms with Crippen molar-refractivity contribution in [1.29, 1.82) is 5.26 Å². The molecule has 0 unspecified atom stereocenters. The van der Waals surface area contributed by atoms with Gasteiger partial charge in [-0.1, -0.05) is 30.3 Å². The van der Waals surface area contributed by atoms with Gasteiger partial charge in [-0.15, -0.1) is 0 Å². The fraction of sp³-hybridized carbons (Fsp3) is 0.105. The van der Waals surface area contributed by atoms with Crippen molar-refractivity contribution in [2.24, 2.45) is 0 Å². The van der Waals surface area contributed by atoms with Crippen LogP contribution in [0.1, 0.15) is 21.7 Å². The van der Waals surface area contributed by atoms with Crippen LogP contribution in [-0.4, -0.2) is 27.7 Å². The maximum Gasteiger partial charge on any atom is 0.338 e. The lowest BCUT2D eigenvalue weighted by molar-refractivity contribution is 0.0502. The number of rotatable bonds is 4. The van der Waals surface area contributed by atoms with Crippen molar-refractivity contribution in [2.45, 2.75) is 6.92 Å². The highest BCUT2D eigenvalue weighted by Gasteiger charge is 2.16. The van der Waals surface area contributed by atoms with Crippen LogP contribution in [0.3, 0.4) is 0 Å². The lowest BCUT2D eigenvalue weighted by Crippen LogP contribution is -2.10. The Hall–Kier alpha value is -3.59. The highest BCUT2D eigenvalue weighted by molar-refractivity contribution is 5.91. The number of nitriles is 1. The number of carbonyl (C=O) groups excluding carboxylic acids is 1. The molecule has 0 spiro atoms. The zero-order chi connectivity index (χ0) is 17.8. The molecule has 0 bridgehead atoms. The van der Waals surface area contributed by atoms with E-state index in [2.05, 4.69) is 9.97 Å². The zero-order valence-electron chi connectivity index (χ0n) is 13.5. The summed E-state index contributed by atoms with van der Waals surface area (Å²) in [6, 6.07) is 16.2. The number of imidazole rings is 1. The van der Waals surface area contributed by atoms with E-state index in [-0.39, 0.29) is 17.2 Å². The maximum absolute atomic E-state index is 12.1. The molecule has 0 aliphatic carbocycles. The average Bonchev–Trinajstić information content (AvgIpc) is 3.04. The first-order chi connectivity index (χ1) is 12.1. The number of hydrogen-bond acceptors (Lipinski definition) is 5. The van der Waals surface area contributed by atoms with E-state index in [1.165, 1.54) is 0 Å². The molecular weight excluding hydrogens is 318 g/mol. The Labute approximate surface area is 144 Å². The summed E-state index contributed by atoms with van der Waals surface area (Å²) in [6.07, 6.45) is 0. The van der Waals surface area contributed by atoms with Gasteiger partial charge in [0.1, 0.15) is 18.2 Å². The van der Waals surface area contributed by atoms with E-state index in [9.17, 15) is 15.2 Å². The standard InChI is InChI=1S/C19H15N3O3/c1-12-6-2-3-7-13(12)19(24)25-11-17(23)14(10-20)18-21-15-8-4-5-9-16(15)22-18/h2-9,23H,11H2,1H3,(H,21,22)/b17-14-. The highest BCUT2D eigenvalue weighted by Crippen LogP contribution is 2.19. The molecule has 1 heterocycles. The van der Waals surface area contributed by atoms with E-state index in [4.69, 9.17) is 4.74 Å². The minimum atomic E-state index is -0.563. The van der Waals surface area contributed by atoms with E-state index in [1.54, 1.807) is 31.2 Å². The van der Waals surface area contributed by atoms with Crippen molar-refractivity contribution in [3.63, 3.8) is 0 Å². The summed E-state index contributed by atoms with van der Waals surface area (Å²) in [7, 11) is 0. The van der Waals surface area contributed by atoms with Crippen LogP contribution < -0.4 is 0 Å². The first kappa shape index (κ1) is 16.3. The lowest BCUT2D eigenvalue weighted by atomic mass is 10.1. The second-order valence-electron chi connectivity index (χ2n) is 5.43. The van der Waals surface area contributed by atoms with E-state index in [0.717, 1.165) is 11.1 Å². The van der Waals surface area contributed by atoms with Gasteiger partial charge in [0.25, 0.3) is 0 Å². The van der Waals surface area contributed by atoms with Gasteiger partial charge in [-0.25, -0.2) is 9.78 Å². The van der Waals surface area contributed by atoms with Gasteiger partial charge in [0.05, 0.1) is 16.6 Å². The molecule has 0 aliphatic heterocycles. The minimum Gasteiger partial charge on any atom is -0.507 e. The van der Waals surface area contributed by atoms with E-state index in [1.807, 2.05) is 30.3 Å². The molecule has 25 heavy (non-hydrogen) atoms. The third kappa shape index (κ3) is 3.35. The summed E-state index contributed by atoms with van der Waals surface area (Å²) >= 11 is 0. The Morgan fingerprint density at radius 2 is 1.96 bits per heavy atom. The number of aromatic amines is 1. The van der Waals surface area contributed by atoms with Crippen LogP contribution in [0.15, 0.2) is 54.3 Å². The quantitative estimate of drug-likeness (QED) is 0.432. The second-order valence-corrected chi connectivity index (χ2v) is 5.43. The summed E-state index contributed by atoms with van der Waals surface area (Å²) in [5, 5.41) is 19.5. The van der Waals surface area contributed by atoms with E-state index < -0.39 is 12.6 Å². The number of para-hydroxylation sites is 2. The summed E-state index contributed by atoms with van der Waals surface area (Å²) in [6.45, 7) is 1.38. The first-order valence-corrected chi connectivity index (χ1v) is 7.60. The first-order valence-electron chi connectivity index (χ1n) is 7.60. The molecule has 2 N–H and O–H groups in total. The number of nitrogens with one attached hydrogen (secondary N) is 1. The molecule has 1 aromatic heterocycles. The summed E-state index contributed by atoms with van der Waals surface area (Å²) in [5.41, 5.74) is 2.55. The SMILES string of the molecule is Cc1ccccc1C(=O)OC/C(O)=C(\C#N)c1nc2ccccc2[nH]1. The van der Waals surface area contributed by atoms with Gasteiger partial charge in [0.2, 0.25) is 0 Å². The number of carbonyl (C=O) groups is 1. The number of hydrogen-bond donors (Lipinski definition) is 2. The number of esters is 1. The van der Waals surface area contributed by atoms with Crippen molar-refractivity contribution in [2.75, 3.05) is 6.61 Å². The molecule has 0 amide bonds. The molecule has 0 radical (unpaired) electrons. The third-order valence-corrected chi connectivity index (χ3v) is 3.73. The van der Waals surface area contributed by atoms with Crippen molar-refractivity contribution in [1.82, 2.24) is 9.97 Å². The molecule has 0 atom stereocenters. The molecule has 6 heteroatoms. The summed E-state index contributed by atoms with van der Waals surface area (Å²) in [5.74, 6) is -0.692. The number of aliphatic hydroxyl groups excluding tert-OH is 1. The fourth-order valence-electron chi connectivity index (χ4n) is 2.41. The number of ether oxygens (including phenoxy) is 1. The number of benzene rings is 2. The molecule has 6 nitrogen and oxygen atoms in total. The van der Waals surface area contributed by atoms with Crippen molar-refractivity contribution < 1.29 is 14.6 Å². The second kappa shape index (κ2) is 6.89. The van der Waals surface area contributed by atoms with E-state index in [0.29, 0.717) is 11.1 Å². The Morgan fingerprint density at radius 3 is 2.68 bits per heavy atom. The largest absolute Gasteiger partial charge is 0.507 e. The minimum absolute atomic E-state index is 0.0613. The normalized spacial score (nSPS) is 11.7. The molecule has 0 aliphatic rings. The third-order valence-electron chi connectivity index (χ3n) is 3.73. The highest BCUT2D eigenvalue weighted by atomic mass is 16.5. The van der Waals surface area contributed by atoms with Crippen LogP contribution >= 0.6 is 0 Å². The summed E-state index contributed by atoms with van der Waals surface area (Å²) < 4.78 is 5.11. The molecular formula is C19H15N3O3. The Balaban J connectivity index is 1.81. The fourth-order valence-corrected chi connectivity index (χ4v) is 2.41. The predicted molar refractivity (Wildman–Crippen MR) is 92.7 cm³/mol. The average molecular weight is 333 g/mol. The number of aromatic nitrogens is 2. The predicted octanol–water partition coefficient (Wildman–Crippen LogP) is 3.52. The smallest absolute Gasteiger partial charge is 0.338 e. The van der Waals surface area contributed by atoms with E-state index >= 15 is 0 Å². The molecule has 3 aromatic rings. The molecule has 0 fully saturated rings. The van der Waals surface area contributed by atoms with Crippen LogP contribution in [0.2, 0.25) is 0 Å². The van der Waals surface area contributed by atoms with Crippen LogP contribution in [-0.2, 0) is 4.74 Å². The topological polar surface area (TPSA) is 99.0 Å². The molecule has 0 saturated carbocycles. The summed E-state index contributed by atoms with van der Waals surface area (Å²) in [4.78, 5) is 19.3. The van der Waals surface area contributed by atoms with Crippen LogP contribution in [0, 0.1) is 18.3 Å². The number of aryl methyl sites for hydroxylation is 1.